The van der Waals surface area contributed by atoms with Gasteiger partial charge >= 0.3 is 0 Å². The molecule has 10 heavy (non-hydrogen) atoms. The van der Waals surface area contributed by atoms with Crippen LogP contribution in [0.5, 0.6) is 0 Å². The van der Waals surface area contributed by atoms with E-state index in [1.165, 1.54) is 25.7 Å². The molecule has 0 amide bonds. The van der Waals surface area contributed by atoms with Gasteiger partial charge in [0.25, 0.3) is 0 Å². The van der Waals surface area contributed by atoms with Crippen LogP contribution >= 0.6 is 0 Å². The average Bonchev–Trinajstić information content (AvgIpc) is 2.01. The highest BCUT2D eigenvalue weighted by Gasteiger charge is 1.97. The van der Waals surface area contributed by atoms with Crippen LogP contribution in [0.2, 0.25) is 0 Å². The molecule has 1 fully saturated rings. The average molecular weight is 142 g/mol. The molecular weight excluding hydrogens is 128 g/mol. The zero-order valence-corrected chi connectivity index (χ0v) is 6.27. The van der Waals surface area contributed by atoms with E-state index in [1.54, 1.807) is 0 Å². The molecule has 1 aliphatic rings. The van der Waals surface area contributed by atoms with Crippen LogP contribution in [-0.4, -0.2) is 6.61 Å². The molecule has 2 radical (unpaired) electrons. The van der Waals surface area contributed by atoms with Gasteiger partial charge in [0.15, 0.2) is 6.61 Å². The van der Waals surface area contributed by atoms with Crippen LogP contribution in [-0.2, 0) is 9.78 Å². The van der Waals surface area contributed by atoms with Crippen molar-refractivity contribution in [3.63, 3.8) is 0 Å². The maximum absolute atomic E-state index is 4.80. The normalized spacial score (nSPS) is 24.0. The van der Waals surface area contributed by atoms with Crippen molar-refractivity contribution in [2.24, 2.45) is 0 Å². The highest BCUT2D eigenvalue weighted by molar-refractivity contribution is 4.51. The molecule has 0 aromatic rings. The van der Waals surface area contributed by atoms with Gasteiger partial charge in [0.1, 0.15) is 0 Å². The van der Waals surface area contributed by atoms with Gasteiger partial charge in [-0.3, -0.25) is 0 Å². The van der Waals surface area contributed by atoms with Gasteiger partial charge in [-0.15, -0.1) is 0 Å². The van der Waals surface area contributed by atoms with Crippen LogP contribution < -0.4 is 0 Å². The van der Waals surface area contributed by atoms with Gasteiger partial charge in [0.2, 0.25) is 0 Å². The van der Waals surface area contributed by atoms with Crippen molar-refractivity contribution in [2.45, 2.75) is 38.5 Å². The first kappa shape index (κ1) is 8.02. The zero-order valence-electron chi connectivity index (χ0n) is 6.27. The molecule has 2 heteroatoms. The summed E-state index contributed by atoms with van der Waals surface area (Å²) >= 11 is 0. The lowest BCUT2D eigenvalue weighted by atomic mass is 10.1. The van der Waals surface area contributed by atoms with E-state index in [0.717, 1.165) is 12.8 Å². The van der Waals surface area contributed by atoms with Crippen LogP contribution in [0.15, 0.2) is 0 Å². The van der Waals surface area contributed by atoms with Crippen molar-refractivity contribution in [1.82, 2.24) is 0 Å². The summed E-state index contributed by atoms with van der Waals surface area (Å²) in [6.45, 7) is 3.45. The summed E-state index contributed by atoms with van der Waals surface area (Å²) in [5.74, 6) is 0. The van der Waals surface area contributed by atoms with Crippen LogP contribution in [0.1, 0.15) is 38.5 Å². The Hall–Kier alpha value is -0.0800. The van der Waals surface area contributed by atoms with E-state index < -0.39 is 0 Å². The monoisotopic (exact) mass is 142 g/mol. The minimum absolute atomic E-state index is 0.715. The van der Waals surface area contributed by atoms with E-state index >= 15 is 0 Å². The van der Waals surface area contributed by atoms with Crippen LogP contribution in [0.3, 0.4) is 0 Å². The van der Waals surface area contributed by atoms with Gasteiger partial charge < -0.3 is 0 Å². The largest absolute Gasteiger partial charge is 0.236 e. The van der Waals surface area contributed by atoms with Crippen LogP contribution in [0, 0.1) is 6.61 Å². The molecule has 0 unspecified atom stereocenters. The van der Waals surface area contributed by atoms with Gasteiger partial charge in [0.05, 0.1) is 6.61 Å². The molecule has 0 N–H and O–H groups in total. The Morgan fingerprint density at radius 3 is 2.70 bits per heavy atom. The fourth-order valence-corrected chi connectivity index (χ4v) is 1.01. The molecule has 0 atom stereocenters. The minimum atomic E-state index is 0.715. The molecule has 0 aromatic heterocycles. The van der Waals surface area contributed by atoms with E-state index in [1.807, 2.05) is 0 Å². The molecule has 58 valence electrons. The fourth-order valence-electron chi connectivity index (χ4n) is 1.01. The lowest BCUT2D eigenvalue weighted by Crippen LogP contribution is -1.97. The van der Waals surface area contributed by atoms with E-state index in [-0.39, 0.29) is 0 Å². The standard InChI is InChI=1S/C8H14O2/c1-2-4-6-8-10-9-7-5-3-1/h1-7H2. The molecule has 0 spiro atoms. The van der Waals surface area contributed by atoms with Gasteiger partial charge in [-0.05, 0) is 12.8 Å². The van der Waals surface area contributed by atoms with E-state index in [2.05, 4.69) is 11.5 Å². The van der Waals surface area contributed by atoms with E-state index in [0.29, 0.717) is 6.61 Å². The lowest BCUT2D eigenvalue weighted by molar-refractivity contribution is -0.270. The maximum Gasteiger partial charge on any atom is 0.173 e. The summed E-state index contributed by atoms with van der Waals surface area (Å²) in [6.07, 6.45) is 7.09. The van der Waals surface area contributed by atoms with Crippen LogP contribution in [0.25, 0.3) is 0 Å². The lowest BCUT2D eigenvalue weighted by Gasteiger charge is -2.05. The summed E-state index contributed by atoms with van der Waals surface area (Å²) < 4.78 is 0. The van der Waals surface area contributed by atoms with Gasteiger partial charge in [-0.25, -0.2) is 9.78 Å². The predicted molar refractivity (Wildman–Crippen MR) is 38.0 cm³/mol. The van der Waals surface area contributed by atoms with Crippen molar-refractivity contribution < 1.29 is 9.78 Å². The summed E-state index contributed by atoms with van der Waals surface area (Å²) in [6, 6.07) is 0. The highest BCUT2D eigenvalue weighted by Crippen LogP contribution is 2.09. The Morgan fingerprint density at radius 2 is 1.70 bits per heavy atom. The number of hydrogen-bond donors (Lipinski definition) is 0. The summed E-state index contributed by atoms with van der Waals surface area (Å²) in [7, 11) is 0. The third-order valence-corrected chi connectivity index (χ3v) is 1.62. The first-order chi connectivity index (χ1) is 5.00. The van der Waals surface area contributed by atoms with Gasteiger partial charge in [0, 0.05) is 0 Å². The Morgan fingerprint density at radius 1 is 0.900 bits per heavy atom. The highest BCUT2D eigenvalue weighted by atomic mass is 17.2. The molecule has 1 saturated heterocycles. The van der Waals surface area contributed by atoms with Crippen molar-refractivity contribution in [1.29, 1.82) is 0 Å². The second-order valence-electron chi connectivity index (χ2n) is 2.57. The summed E-state index contributed by atoms with van der Waals surface area (Å²) in [5, 5.41) is 0. The molecule has 2 nitrogen and oxygen atoms in total. The molecule has 0 saturated carbocycles. The third-order valence-electron chi connectivity index (χ3n) is 1.62. The molecular formula is C8H14O2. The number of rotatable bonds is 0. The Bertz CT molecular complexity index is 40.4. The molecule has 1 rings (SSSR count). The van der Waals surface area contributed by atoms with E-state index in [4.69, 9.17) is 4.89 Å². The number of hydrogen-bond acceptors (Lipinski definition) is 2. The molecule has 0 aromatic carbocycles. The van der Waals surface area contributed by atoms with E-state index in [9.17, 15) is 0 Å². The third kappa shape index (κ3) is 3.85. The SMILES string of the molecule is [C]1CCCCCCCOO1. The topological polar surface area (TPSA) is 18.5 Å². The Kier molecular flexibility index (Phi) is 4.56. The maximum atomic E-state index is 4.80. The van der Waals surface area contributed by atoms with Gasteiger partial charge in [-0.1, -0.05) is 25.7 Å². The summed E-state index contributed by atoms with van der Waals surface area (Å²) in [5.41, 5.74) is 0. The summed E-state index contributed by atoms with van der Waals surface area (Å²) in [4.78, 5) is 9.46. The molecule has 0 bridgehead atoms. The molecule has 1 heterocycles. The quantitative estimate of drug-likeness (QED) is 0.483. The second-order valence-corrected chi connectivity index (χ2v) is 2.57. The van der Waals surface area contributed by atoms with Crippen LogP contribution in [0.4, 0.5) is 0 Å². The molecule has 0 aliphatic carbocycles. The van der Waals surface area contributed by atoms with Crippen molar-refractivity contribution in [3.8, 4) is 0 Å². The van der Waals surface area contributed by atoms with Crippen molar-refractivity contribution in [3.05, 3.63) is 6.61 Å². The fraction of sp³-hybridized carbons (Fsp3) is 0.875. The van der Waals surface area contributed by atoms with Crippen molar-refractivity contribution >= 4 is 0 Å². The first-order valence-corrected chi connectivity index (χ1v) is 4.01. The second kappa shape index (κ2) is 5.69. The molecule has 1 aliphatic heterocycles. The minimum Gasteiger partial charge on any atom is -0.236 e. The predicted octanol–water partition coefficient (Wildman–Crippen LogP) is 2.33. The Labute approximate surface area is 62.4 Å². The Balaban J connectivity index is 2.00. The smallest absolute Gasteiger partial charge is 0.173 e. The van der Waals surface area contributed by atoms with Crippen molar-refractivity contribution in [2.75, 3.05) is 6.61 Å². The zero-order chi connectivity index (χ0) is 7.07. The van der Waals surface area contributed by atoms with Gasteiger partial charge in [-0.2, -0.15) is 0 Å². The first-order valence-electron chi connectivity index (χ1n) is 4.01.